The Hall–Kier alpha value is -1.77. The summed E-state index contributed by atoms with van der Waals surface area (Å²) in [6, 6.07) is 7.31. The highest BCUT2D eigenvalue weighted by Crippen LogP contribution is 2.24. The smallest absolute Gasteiger partial charge is 0.221 e. The molecule has 0 aliphatic rings. The molecule has 80 valence electrons. The Bertz CT molecular complexity index is 360. The van der Waals surface area contributed by atoms with Crippen LogP contribution in [0.25, 0.3) is 0 Å². The molecule has 0 aliphatic carbocycles. The van der Waals surface area contributed by atoms with Crippen molar-refractivity contribution in [3.05, 3.63) is 36.9 Å². The van der Waals surface area contributed by atoms with E-state index in [0.717, 1.165) is 0 Å². The van der Waals surface area contributed by atoms with E-state index in [1.165, 1.54) is 6.92 Å². The van der Waals surface area contributed by atoms with Gasteiger partial charge in [0, 0.05) is 6.92 Å². The molecular weight excluding hydrogens is 190 g/mol. The van der Waals surface area contributed by atoms with Crippen molar-refractivity contribution in [1.29, 1.82) is 0 Å². The van der Waals surface area contributed by atoms with Gasteiger partial charge in [-0.15, -0.1) is 0 Å². The first-order valence-electron chi connectivity index (χ1n) is 4.79. The van der Waals surface area contributed by atoms with E-state index in [9.17, 15) is 4.79 Å². The van der Waals surface area contributed by atoms with Crippen LogP contribution in [0, 0.1) is 0 Å². The summed E-state index contributed by atoms with van der Waals surface area (Å²) in [6.45, 7) is 6.99. The minimum absolute atomic E-state index is 0.0834. The van der Waals surface area contributed by atoms with Crippen molar-refractivity contribution < 1.29 is 9.53 Å². The molecule has 0 aromatic heterocycles. The topological polar surface area (TPSA) is 38.3 Å². The summed E-state index contributed by atoms with van der Waals surface area (Å²) in [5.41, 5.74) is 0.679. The molecule has 3 nitrogen and oxygen atoms in total. The molecule has 0 heterocycles. The summed E-state index contributed by atoms with van der Waals surface area (Å²) in [6.07, 6.45) is 1.62. The van der Waals surface area contributed by atoms with Gasteiger partial charge in [-0.3, -0.25) is 4.79 Å². The van der Waals surface area contributed by atoms with E-state index >= 15 is 0 Å². The highest BCUT2D eigenvalue weighted by Gasteiger charge is 2.06. The van der Waals surface area contributed by atoms with Crippen LogP contribution < -0.4 is 10.1 Å². The Balaban J connectivity index is 2.85. The van der Waals surface area contributed by atoms with E-state index in [4.69, 9.17) is 4.74 Å². The molecule has 0 bridgehead atoms. The average molecular weight is 205 g/mol. The number of anilines is 1. The number of hydrogen-bond donors (Lipinski definition) is 1. The van der Waals surface area contributed by atoms with Crippen LogP contribution in [0.15, 0.2) is 36.9 Å². The zero-order valence-corrected chi connectivity index (χ0v) is 8.99. The zero-order chi connectivity index (χ0) is 11.3. The van der Waals surface area contributed by atoms with Crippen LogP contribution in [-0.4, -0.2) is 12.0 Å². The number of benzene rings is 1. The number of ether oxygens (including phenoxy) is 1. The quantitative estimate of drug-likeness (QED) is 0.767. The van der Waals surface area contributed by atoms with Crippen LogP contribution in [0.1, 0.15) is 13.8 Å². The monoisotopic (exact) mass is 205 g/mol. The molecule has 0 spiro atoms. The second kappa shape index (κ2) is 5.20. The zero-order valence-electron chi connectivity index (χ0n) is 8.99. The fourth-order valence-electron chi connectivity index (χ4n) is 1.11. The van der Waals surface area contributed by atoms with Crippen molar-refractivity contribution in [2.45, 2.75) is 20.0 Å². The normalized spacial score (nSPS) is 11.6. The molecule has 1 aromatic rings. The molecule has 0 radical (unpaired) electrons. The lowest BCUT2D eigenvalue weighted by molar-refractivity contribution is -0.114. The lowest BCUT2D eigenvalue weighted by atomic mass is 10.3. The minimum atomic E-state index is -0.114. The van der Waals surface area contributed by atoms with Gasteiger partial charge in [-0.1, -0.05) is 24.8 Å². The Kier molecular flexibility index (Phi) is 3.92. The maximum absolute atomic E-state index is 10.9. The second-order valence-corrected chi connectivity index (χ2v) is 3.24. The van der Waals surface area contributed by atoms with Crippen molar-refractivity contribution in [2.24, 2.45) is 0 Å². The number of carbonyl (C=O) groups is 1. The molecular formula is C12H15NO2. The molecule has 0 saturated heterocycles. The maximum atomic E-state index is 10.9. The van der Waals surface area contributed by atoms with Gasteiger partial charge in [0.15, 0.2) is 0 Å². The lowest BCUT2D eigenvalue weighted by Crippen LogP contribution is -2.11. The lowest BCUT2D eigenvalue weighted by Gasteiger charge is -2.14. The molecule has 1 rings (SSSR count). The third-order valence-corrected chi connectivity index (χ3v) is 1.84. The number of para-hydroxylation sites is 2. The number of nitrogens with one attached hydrogen (secondary N) is 1. The molecule has 0 fully saturated rings. The predicted molar refractivity (Wildman–Crippen MR) is 61.0 cm³/mol. The van der Waals surface area contributed by atoms with Crippen LogP contribution in [-0.2, 0) is 4.79 Å². The minimum Gasteiger partial charge on any atom is -0.484 e. The van der Waals surface area contributed by atoms with E-state index in [0.29, 0.717) is 11.4 Å². The van der Waals surface area contributed by atoms with Gasteiger partial charge in [0.25, 0.3) is 0 Å². The van der Waals surface area contributed by atoms with Crippen molar-refractivity contribution in [2.75, 3.05) is 5.32 Å². The maximum Gasteiger partial charge on any atom is 0.221 e. The molecule has 1 atom stereocenters. The van der Waals surface area contributed by atoms with Crippen molar-refractivity contribution in [3.63, 3.8) is 0 Å². The van der Waals surface area contributed by atoms with E-state index in [-0.39, 0.29) is 12.0 Å². The Labute approximate surface area is 89.8 Å². The summed E-state index contributed by atoms with van der Waals surface area (Å²) in [4.78, 5) is 10.9. The van der Waals surface area contributed by atoms with E-state index in [1.807, 2.05) is 25.1 Å². The molecule has 1 N–H and O–H groups in total. The molecule has 15 heavy (non-hydrogen) atoms. The number of rotatable bonds is 4. The molecule has 1 aromatic carbocycles. The van der Waals surface area contributed by atoms with Crippen LogP contribution in [0.3, 0.4) is 0 Å². The van der Waals surface area contributed by atoms with Gasteiger partial charge in [0.2, 0.25) is 5.91 Å². The third-order valence-electron chi connectivity index (χ3n) is 1.84. The number of hydrogen-bond acceptors (Lipinski definition) is 2. The Morgan fingerprint density at radius 2 is 2.20 bits per heavy atom. The fourth-order valence-corrected chi connectivity index (χ4v) is 1.11. The predicted octanol–water partition coefficient (Wildman–Crippen LogP) is 2.60. The first-order valence-corrected chi connectivity index (χ1v) is 4.79. The van der Waals surface area contributed by atoms with Crippen LogP contribution in [0.2, 0.25) is 0 Å². The van der Waals surface area contributed by atoms with Crippen molar-refractivity contribution in [1.82, 2.24) is 0 Å². The van der Waals surface area contributed by atoms with Gasteiger partial charge in [0.05, 0.1) is 5.69 Å². The Morgan fingerprint density at radius 1 is 1.53 bits per heavy atom. The van der Waals surface area contributed by atoms with Crippen molar-refractivity contribution in [3.8, 4) is 5.75 Å². The first kappa shape index (κ1) is 11.3. The van der Waals surface area contributed by atoms with Gasteiger partial charge in [0.1, 0.15) is 11.9 Å². The number of carbonyl (C=O) groups excluding carboxylic acids is 1. The third kappa shape index (κ3) is 3.46. The second-order valence-electron chi connectivity index (χ2n) is 3.24. The average Bonchev–Trinajstić information content (AvgIpc) is 2.20. The molecule has 1 amide bonds. The van der Waals surface area contributed by atoms with Gasteiger partial charge in [-0.2, -0.15) is 0 Å². The number of amides is 1. The fraction of sp³-hybridized carbons (Fsp3) is 0.250. The largest absolute Gasteiger partial charge is 0.484 e. The van der Waals surface area contributed by atoms with E-state index in [2.05, 4.69) is 11.9 Å². The summed E-state index contributed by atoms with van der Waals surface area (Å²) >= 11 is 0. The Morgan fingerprint density at radius 3 is 2.80 bits per heavy atom. The molecule has 0 saturated carbocycles. The summed E-state index contributed by atoms with van der Waals surface area (Å²) in [5.74, 6) is 0.539. The molecule has 3 heteroatoms. The van der Waals surface area contributed by atoms with Gasteiger partial charge < -0.3 is 10.1 Å². The van der Waals surface area contributed by atoms with Gasteiger partial charge in [-0.05, 0) is 19.1 Å². The van der Waals surface area contributed by atoms with Gasteiger partial charge >= 0.3 is 0 Å². The molecule has 1 unspecified atom stereocenters. The van der Waals surface area contributed by atoms with Crippen LogP contribution in [0.5, 0.6) is 5.75 Å². The van der Waals surface area contributed by atoms with Gasteiger partial charge in [-0.25, -0.2) is 0 Å². The van der Waals surface area contributed by atoms with Crippen molar-refractivity contribution >= 4 is 11.6 Å². The molecule has 0 aliphatic heterocycles. The van der Waals surface area contributed by atoms with Crippen LogP contribution in [0.4, 0.5) is 5.69 Å². The highest BCUT2D eigenvalue weighted by atomic mass is 16.5. The van der Waals surface area contributed by atoms with E-state index < -0.39 is 0 Å². The SMILES string of the molecule is C=CC(C)Oc1ccccc1NC(C)=O. The first-order chi connectivity index (χ1) is 7.13. The summed E-state index contributed by atoms with van der Waals surface area (Å²) in [7, 11) is 0. The summed E-state index contributed by atoms with van der Waals surface area (Å²) < 4.78 is 5.56. The van der Waals surface area contributed by atoms with Crippen LogP contribution >= 0.6 is 0 Å². The standard InChI is InChI=1S/C12H15NO2/c1-4-9(2)15-12-8-6-5-7-11(12)13-10(3)14/h4-9H,1H2,2-3H3,(H,13,14). The summed E-state index contributed by atoms with van der Waals surface area (Å²) in [5, 5.41) is 2.70. The highest BCUT2D eigenvalue weighted by molar-refractivity contribution is 5.90. The van der Waals surface area contributed by atoms with E-state index in [1.54, 1.807) is 12.1 Å².